The van der Waals surface area contributed by atoms with E-state index in [1.807, 2.05) is 0 Å². The van der Waals surface area contributed by atoms with Crippen molar-refractivity contribution in [1.29, 1.82) is 0 Å². The fraction of sp³-hybridized carbons (Fsp3) is 0.733. The predicted octanol–water partition coefficient (Wildman–Crippen LogP) is 0.614. The highest BCUT2D eigenvalue weighted by molar-refractivity contribution is 6.07. The number of carbonyl (C=O) groups is 4. The van der Waals surface area contributed by atoms with E-state index >= 15 is 0 Å². The summed E-state index contributed by atoms with van der Waals surface area (Å²) in [5.74, 6) is -0.676. The molecule has 0 atom stereocenters. The first-order valence-electron chi connectivity index (χ1n) is 7.80. The van der Waals surface area contributed by atoms with E-state index in [0.29, 0.717) is 0 Å². The zero-order valence-electron chi connectivity index (χ0n) is 15.4. The molecule has 0 aromatic carbocycles. The van der Waals surface area contributed by atoms with Gasteiger partial charge in [0.05, 0.1) is 13.1 Å². The SMILES string of the molecule is CC(C)(C)OC(=O)NCC1(CNC(=O)OC(C)(C)C)NC(=O)NC1=O. The maximum absolute atomic E-state index is 12.1. The molecule has 10 nitrogen and oxygen atoms in total. The quantitative estimate of drug-likeness (QED) is 0.544. The lowest BCUT2D eigenvalue weighted by Crippen LogP contribution is -2.61. The molecule has 0 aromatic rings. The van der Waals surface area contributed by atoms with Crippen molar-refractivity contribution < 1.29 is 28.7 Å². The minimum atomic E-state index is -1.54. The van der Waals surface area contributed by atoms with Crippen LogP contribution in [0.25, 0.3) is 0 Å². The van der Waals surface area contributed by atoms with Crippen LogP contribution in [-0.4, -0.2) is 54.0 Å². The fourth-order valence-electron chi connectivity index (χ4n) is 1.91. The molecule has 25 heavy (non-hydrogen) atoms. The Balaban J connectivity index is 2.73. The van der Waals surface area contributed by atoms with Gasteiger partial charge in [0.15, 0.2) is 5.54 Å². The van der Waals surface area contributed by atoms with Crippen molar-refractivity contribution in [2.75, 3.05) is 13.1 Å². The first-order valence-corrected chi connectivity index (χ1v) is 7.80. The van der Waals surface area contributed by atoms with Gasteiger partial charge in [-0.3, -0.25) is 10.1 Å². The highest BCUT2D eigenvalue weighted by Crippen LogP contribution is 2.12. The molecule has 1 rings (SSSR count). The Morgan fingerprint density at radius 2 is 1.32 bits per heavy atom. The van der Waals surface area contributed by atoms with E-state index in [4.69, 9.17) is 9.47 Å². The third-order valence-electron chi connectivity index (χ3n) is 2.88. The van der Waals surface area contributed by atoms with Gasteiger partial charge < -0.3 is 25.4 Å². The fourth-order valence-corrected chi connectivity index (χ4v) is 1.91. The molecule has 0 unspecified atom stereocenters. The number of ether oxygens (including phenoxy) is 2. The van der Waals surface area contributed by atoms with Crippen LogP contribution in [0.3, 0.4) is 0 Å². The van der Waals surface area contributed by atoms with Gasteiger partial charge in [0.1, 0.15) is 11.2 Å². The lowest BCUT2D eigenvalue weighted by Gasteiger charge is -2.28. The number of urea groups is 1. The Kier molecular flexibility index (Phi) is 5.88. The molecular formula is C15H26N4O6. The second kappa shape index (κ2) is 7.16. The molecule has 0 spiro atoms. The third kappa shape index (κ3) is 6.86. The van der Waals surface area contributed by atoms with Gasteiger partial charge in [0, 0.05) is 0 Å². The van der Waals surface area contributed by atoms with Gasteiger partial charge in [0.2, 0.25) is 0 Å². The van der Waals surface area contributed by atoms with Crippen LogP contribution >= 0.6 is 0 Å². The molecule has 1 heterocycles. The highest BCUT2D eigenvalue weighted by atomic mass is 16.6. The van der Waals surface area contributed by atoms with Crippen molar-refractivity contribution in [2.45, 2.75) is 58.3 Å². The van der Waals surface area contributed by atoms with Crippen LogP contribution in [0.1, 0.15) is 41.5 Å². The summed E-state index contributed by atoms with van der Waals surface area (Å²) in [6.07, 6.45) is -1.50. The van der Waals surface area contributed by atoms with E-state index in [2.05, 4.69) is 21.3 Å². The van der Waals surface area contributed by atoms with Crippen LogP contribution in [0, 0.1) is 0 Å². The summed E-state index contributed by atoms with van der Waals surface area (Å²) in [7, 11) is 0. The molecule has 1 fully saturated rings. The lowest BCUT2D eigenvalue weighted by atomic mass is 10.00. The van der Waals surface area contributed by atoms with E-state index < -0.39 is 40.9 Å². The van der Waals surface area contributed by atoms with Crippen LogP contribution in [0.2, 0.25) is 0 Å². The van der Waals surface area contributed by atoms with Crippen molar-refractivity contribution in [1.82, 2.24) is 21.3 Å². The average Bonchev–Trinajstić information content (AvgIpc) is 2.65. The number of nitrogens with one attached hydrogen (secondary N) is 4. The monoisotopic (exact) mass is 358 g/mol. The van der Waals surface area contributed by atoms with E-state index in [1.165, 1.54) is 0 Å². The molecule has 1 aliphatic rings. The van der Waals surface area contributed by atoms with E-state index in [1.54, 1.807) is 41.5 Å². The summed E-state index contributed by atoms with van der Waals surface area (Å²) in [5.41, 5.74) is -2.97. The third-order valence-corrected chi connectivity index (χ3v) is 2.88. The number of amides is 5. The van der Waals surface area contributed by atoms with Crippen LogP contribution in [0.15, 0.2) is 0 Å². The maximum Gasteiger partial charge on any atom is 0.407 e. The van der Waals surface area contributed by atoms with Gasteiger partial charge in [-0.2, -0.15) is 0 Å². The smallest absolute Gasteiger partial charge is 0.407 e. The summed E-state index contributed by atoms with van der Waals surface area (Å²) in [4.78, 5) is 47.2. The topological polar surface area (TPSA) is 135 Å². The van der Waals surface area contributed by atoms with Gasteiger partial charge in [-0.25, -0.2) is 14.4 Å². The van der Waals surface area contributed by atoms with Crippen molar-refractivity contribution in [3.63, 3.8) is 0 Å². The molecule has 0 aliphatic carbocycles. The van der Waals surface area contributed by atoms with Gasteiger partial charge >= 0.3 is 18.2 Å². The molecule has 1 aliphatic heterocycles. The van der Waals surface area contributed by atoms with Crippen LogP contribution < -0.4 is 21.3 Å². The second-order valence-corrected chi connectivity index (χ2v) is 7.70. The van der Waals surface area contributed by atoms with Gasteiger partial charge in [-0.1, -0.05) is 0 Å². The second-order valence-electron chi connectivity index (χ2n) is 7.70. The minimum Gasteiger partial charge on any atom is -0.444 e. The number of hydrogen-bond donors (Lipinski definition) is 4. The zero-order valence-corrected chi connectivity index (χ0v) is 15.4. The molecule has 4 N–H and O–H groups in total. The Hall–Kier alpha value is -2.52. The molecule has 142 valence electrons. The Morgan fingerprint density at radius 1 is 0.920 bits per heavy atom. The lowest BCUT2D eigenvalue weighted by molar-refractivity contribution is -0.123. The molecule has 0 radical (unpaired) electrons. The molecule has 5 amide bonds. The molecular weight excluding hydrogens is 332 g/mol. The Morgan fingerprint density at radius 3 is 1.60 bits per heavy atom. The standard InChI is InChI=1S/C15H26N4O6/c1-13(2,3)24-11(22)16-7-15(9(20)18-10(21)19-15)8-17-12(23)25-14(4,5)6/h7-8H2,1-6H3,(H,16,22)(H,17,23)(H2,18,19,20,21). The van der Waals surface area contributed by atoms with E-state index in [9.17, 15) is 19.2 Å². The van der Waals surface area contributed by atoms with Gasteiger partial charge in [-0.05, 0) is 41.5 Å². The predicted molar refractivity (Wildman–Crippen MR) is 87.9 cm³/mol. The largest absolute Gasteiger partial charge is 0.444 e. The summed E-state index contributed by atoms with van der Waals surface area (Å²) in [6.45, 7) is 9.61. The molecule has 0 saturated carbocycles. The summed E-state index contributed by atoms with van der Waals surface area (Å²) < 4.78 is 10.2. The van der Waals surface area contributed by atoms with Crippen molar-refractivity contribution >= 4 is 24.1 Å². The highest BCUT2D eigenvalue weighted by Gasteiger charge is 2.47. The summed E-state index contributed by atoms with van der Waals surface area (Å²) in [5, 5.41) is 9.32. The normalized spacial score (nSPS) is 16.6. The van der Waals surface area contributed by atoms with E-state index in [0.717, 1.165) is 0 Å². The zero-order chi connectivity index (χ0) is 19.5. The minimum absolute atomic E-state index is 0.269. The molecule has 10 heteroatoms. The van der Waals surface area contributed by atoms with Crippen molar-refractivity contribution in [3.8, 4) is 0 Å². The number of imide groups is 1. The average molecular weight is 358 g/mol. The van der Waals surface area contributed by atoms with Gasteiger partial charge in [0.25, 0.3) is 5.91 Å². The van der Waals surface area contributed by atoms with Crippen molar-refractivity contribution in [2.24, 2.45) is 0 Å². The Bertz CT molecular complexity index is 529. The van der Waals surface area contributed by atoms with Crippen molar-refractivity contribution in [3.05, 3.63) is 0 Å². The van der Waals surface area contributed by atoms with E-state index in [-0.39, 0.29) is 13.1 Å². The van der Waals surface area contributed by atoms with Crippen LogP contribution in [-0.2, 0) is 14.3 Å². The first-order chi connectivity index (χ1) is 11.2. The first kappa shape index (κ1) is 20.5. The molecule has 1 saturated heterocycles. The number of alkyl carbamates (subject to hydrolysis) is 2. The van der Waals surface area contributed by atoms with Gasteiger partial charge in [-0.15, -0.1) is 0 Å². The van der Waals surface area contributed by atoms with Crippen LogP contribution in [0.4, 0.5) is 14.4 Å². The maximum atomic E-state index is 12.1. The number of rotatable bonds is 4. The summed E-state index contributed by atoms with van der Waals surface area (Å²) in [6, 6.07) is -0.720. The molecule has 0 aromatic heterocycles. The number of carbonyl (C=O) groups excluding carboxylic acids is 4. The summed E-state index contributed by atoms with van der Waals surface area (Å²) >= 11 is 0. The van der Waals surface area contributed by atoms with Crippen LogP contribution in [0.5, 0.6) is 0 Å². The molecule has 0 bridgehead atoms. The number of hydrogen-bond acceptors (Lipinski definition) is 6. The Labute approximate surface area is 146 Å².